The van der Waals surface area contributed by atoms with Crippen molar-refractivity contribution in [2.45, 2.75) is 19.8 Å². The SMILES string of the molecule is Cc1nsc(NC(=O)CCCN2C(=O)c3ccc(Br)cc3C2=O)n1. The van der Waals surface area contributed by atoms with Gasteiger partial charge in [-0.2, -0.15) is 4.37 Å². The minimum absolute atomic E-state index is 0.190. The van der Waals surface area contributed by atoms with Crippen LogP contribution in [0.15, 0.2) is 22.7 Å². The van der Waals surface area contributed by atoms with Gasteiger partial charge in [-0.15, -0.1) is 0 Å². The highest BCUT2D eigenvalue weighted by Gasteiger charge is 2.35. The summed E-state index contributed by atoms with van der Waals surface area (Å²) >= 11 is 4.41. The first kappa shape index (κ1) is 16.7. The summed E-state index contributed by atoms with van der Waals surface area (Å²) < 4.78 is 4.72. The highest BCUT2D eigenvalue weighted by atomic mass is 79.9. The van der Waals surface area contributed by atoms with Gasteiger partial charge in [-0.1, -0.05) is 15.9 Å². The van der Waals surface area contributed by atoms with Crippen molar-refractivity contribution in [3.63, 3.8) is 0 Å². The third kappa shape index (κ3) is 3.36. The van der Waals surface area contributed by atoms with Crippen molar-refractivity contribution in [1.82, 2.24) is 14.3 Å². The van der Waals surface area contributed by atoms with E-state index in [9.17, 15) is 14.4 Å². The molecule has 1 aliphatic rings. The van der Waals surface area contributed by atoms with Crippen molar-refractivity contribution in [1.29, 1.82) is 0 Å². The molecule has 1 N–H and O–H groups in total. The van der Waals surface area contributed by atoms with Crippen LogP contribution < -0.4 is 5.32 Å². The maximum atomic E-state index is 12.3. The second-order valence-electron chi connectivity index (χ2n) is 5.25. The number of imide groups is 1. The number of carbonyl (C=O) groups excluding carboxylic acids is 3. The fraction of sp³-hybridized carbons (Fsp3) is 0.267. The fourth-order valence-electron chi connectivity index (χ4n) is 2.39. The van der Waals surface area contributed by atoms with E-state index in [-0.39, 0.29) is 30.7 Å². The summed E-state index contributed by atoms with van der Waals surface area (Å²) in [6.07, 6.45) is 0.575. The number of carbonyl (C=O) groups is 3. The molecular weight excluding hydrogens is 396 g/mol. The first-order chi connectivity index (χ1) is 11.5. The van der Waals surface area contributed by atoms with Crippen molar-refractivity contribution < 1.29 is 14.4 Å². The van der Waals surface area contributed by atoms with Crippen LogP contribution in [-0.2, 0) is 4.79 Å². The topological polar surface area (TPSA) is 92.3 Å². The van der Waals surface area contributed by atoms with Crippen molar-refractivity contribution >= 4 is 50.3 Å². The summed E-state index contributed by atoms with van der Waals surface area (Å²) in [6, 6.07) is 5.00. The van der Waals surface area contributed by atoms with Gasteiger partial charge in [0.2, 0.25) is 11.0 Å². The molecule has 0 atom stereocenters. The number of nitrogens with one attached hydrogen (secondary N) is 1. The Balaban J connectivity index is 1.55. The summed E-state index contributed by atoms with van der Waals surface area (Å²) in [5, 5.41) is 3.09. The molecule has 0 saturated heterocycles. The molecule has 3 amide bonds. The first-order valence-electron chi connectivity index (χ1n) is 7.21. The van der Waals surface area contributed by atoms with E-state index in [1.165, 1.54) is 4.90 Å². The van der Waals surface area contributed by atoms with Crippen molar-refractivity contribution in [2.24, 2.45) is 0 Å². The molecule has 0 radical (unpaired) electrons. The zero-order valence-corrected chi connectivity index (χ0v) is 15.1. The third-order valence-corrected chi connectivity index (χ3v) is 4.71. The lowest BCUT2D eigenvalue weighted by atomic mass is 10.1. The van der Waals surface area contributed by atoms with Gasteiger partial charge < -0.3 is 5.32 Å². The van der Waals surface area contributed by atoms with E-state index in [1.54, 1.807) is 25.1 Å². The molecular formula is C15H13BrN4O3S. The fourth-order valence-corrected chi connectivity index (χ4v) is 3.35. The van der Waals surface area contributed by atoms with Gasteiger partial charge in [0, 0.05) is 29.0 Å². The second kappa shape index (κ2) is 6.78. The average molecular weight is 409 g/mol. The number of nitrogens with zero attached hydrogens (tertiary/aromatic N) is 3. The van der Waals surface area contributed by atoms with Gasteiger partial charge >= 0.3 is 0 Å². The minimum atomic E-state index is -0.323. The standard InChI is InChI=1S/C15H13BrN4O3S/c1-8-17-15(24-19-8)18-12(21)3-2-6-20-13(22)10-5-4-9(16)7-11(10)14(20)23/h4-5,7H,2-3,6H2,1H3,(H,17,18,19,21). The molecule has 2 heterocycles. The smallest absolute Gasteiger partial charge is 0.261 e. The van der Waals surface area contributed by atoms with Gasteiger partial charge in [-0.05, 0) is 31.5 Å². The van der Waals surface area contributed by atoms with Crippen LogP contribution in [0, 0.1) is 6.92 Å². The van der Waals surface area contributed by atoms with Crippen LogP contribution in [0.5, 0.6) is 0 Å². The lowest BCUT2D eigenvalue weighted by molar-refractivity contribution is -0.116. The lowest BCUT2D eigenvalue weighted by Gasteiger charge is -2.13. The van der Waals surface area contributed by atoms with Gasteiger partial charge in [0.25, 0.3) is 11.8 Å². The minimum Gasteiger partial charge on any atom is -0.301 e. The van der Waals surface area contributed by atoms with Crippen molar-refractivity contribution in [2.75, 3.05) is 11.9 Å². The predicted octanol–water partition coefficient (Wildman–Crippen LogP) is 2.62. The van der Waals surface area contributed by atoms with Crippen molar-refractivity contribution in [3.05, 3.63) is 39.6 Å². The van der Waals surface area contributed by atoms with Crippen LogP contribution in [0.4, 0.5) is 5.13 Å². The average Bonchev–Trinajstić information content (AvgIpc) is 3.04. The Bertz CT molecular complexity index is 836. The van der Waals surface area contributed by atoms with Crippen LogP contribution in [0.1, 0.15) is 39.4 Å². The third-order valence-electron chi connectivity index (χ3n) is 3.49. The molecule has 1 aromatic carbocycles. The largest absolute Gasteiger partial charge is 0.301 e. The van der Waals surface area contributed by atoms with E-state index in [1.807, 2.05) is 0 Å². The second-order valence-corrected chi connectivity index (χ2v) is 6.92. The van der Waals surface area contributed by atoms with E-state index in [0.717, 1.165) is 16.0 Å². The molecule has 0 saturated carbocycles. The molecule has 3 rings (SSSR count). The van der Waals surface area contributed by atoms with Crippen LogP contribution in [0.3, 0.4) is 0 Å². The summed E-state index contributed by atoms with van der Waals surface area (Å²) in [5.74, 6) is -0.253. The Morgan fingerprint density at radius 1 is 1.29 bits per heavy atom. The predicted molar refractivity (Wildman–Crippen MR) is 92.0 cm³/mol. The molecule has 0 fully saturated rings. The molecule has 124 valence electrons. The molecule has 1 aliphatic heterocycles. The van der Waals surface area contributed by atoms with E-state index >= 15 is 0 Å². The molecule has 24 heavy (non-hydrogen) atoms. The van der Waals surface area contributed by atoms with Crippen LogP contribution in [0.25, 0.3) is 0 Å². The number of hydrogen-bond donors (Lipinski definition) is 1. The number of fused-ring (bicyclic) bond motifs is 1. The number of halogens is 1. The van der Waals surface area contributed by atoms with Crippen molar-refractivity contribution in [3.8, 4) is 0 Å². The van der Waals surface area contributed by atoms with Gasteiger partial charge in [-0.3, -0.25) is 19.3 Å². The van der Waals surface area contributed by atoms with Gasteiger partial charge in [0.15, 0.2) is 0 Å². The van der Waals surface area contributed by atoms with E-state index in [0.29, 0.717) is 28.5 Å². The summed E-state index contributed by atoms with van der Waals surface area (Å²) in [7, 11) is 0. The number of amides is 3. The number of aryl methyl sites for hydroxylation is 1. The first-order valence-corrected chi connectivity index (χ1v) is 8.78. The zero-order chi connectivity index (χ0) is 17.3. The van der Waals surface area contributed by atoms with Crippen LogP contribution in [-0.4, -0.2) is 38.5 Å². The molecule has 9 heteroatoms. The number of benzene rings is 1. The molecule has 1 aromatic heterocycles. The monoisotopic (exact) mass is 408 g/mol. The van der Waals surface area contributed by atoms with Crippen LogP contribution >= 0.6 is 27.5 Å². The highest BCUT2D eigenvalue weighted by Crippen LogP contribution is 2.26. The van der Waals surface area contributed by atoms with E-state index < -0.39 is 0 Å². The normalized spacial score (nSPS) is 13.3. The Kier molecular flexibility index (Phi) is 4.72. The number of hydrogen-bond acceptors (Lipinski definition) is 6. The lowest BCUT2D eigenvalue weighted by Crippen LogP contribution is -2.31. The number of aromatic nitrogens is 2. The number of rotatable bonds is 5. The molecule has 7 nitrogen and oxygen atoms in total. The summed E-state index contributed by atoms with van der Waals surface area (Å²) in [4.78, 5) is 41.6. The zero-order valence-electron chi connectivity index (χ0n) is 12.7. The van der Waals surface area contributed by atoms with Gasteiger partial charge in [0.05, 0.1) is 11.1 Å². The number of anilines is 1. The molecule has 2 aromatic rings. The Morgan fingerprint density at radius 3 is 2.75 bits per heavy atom. The van der Waals surface area contributed by atoms with Gasteiger partial charge in [0.1, 0.15) is 5.82 Å². The van der Waals surface area contributed by atoms with E-state index in [4.69, 9.17) is 0 Å². The molecule has 0 unspecified atom stereocenters. The Labute approximate surface area is 150 Å². The highest BCUT2D eigenvalue weighted by molar-refractivity contribution is 9.10. The Morgan fingerprint density at radius 2 is 2.04 bits per heavy atom. The van der Waals surface area contributed by atoms with Gasteiger partial charge in [-0.25, -0.2) is 4.98 Å². The summed E-state index contributed by atoms with van der Waals surface area (Å²) in [5.41, 5.74) is 0.792. The maximum Gasteiger partial charge on any atom is 0.261 e. The van der Waals surface area contributed by atoms with Crippen LogP contribution in [0.2, 0.25) is 0 Å². The molecule has 0 bridgehead atoms. The van der Waals surface area contributed by atoms with E-state index in [2.05, 4.69) is 30.6 Å². The summed E-state index contributed by atoms with van der Waals surface area (Å²) in [6.45, 7) is 1.94. The Hall–Kier alpha value is -2.13. The molecule has 0 aliphatic carbocycles. The molecule has 0 spiro atoms. The maximum absolute atomic E-state index is 12.3. The quantitative estimate of drug-likeness (QED) is 0.767.